The lowest BCUT2D eigenvalue weighted by Crippen LogP contribution is -2.09. The number of aromatic nitrogens is 5. The van der Waals surface area contributed by atoms with Crippen LogP contribution in [-0.4, -0.2) is 31.2 Å². The van der Waals surface area contributed by atoms with Crippen molar-refractivity contribution >= 4 is 11.0 Å². The zero-order valence-corrected chi connectivity index (χ0v) is 15.1. The van der Waals surface area contributed by atoms with Crippen molar-refractivity contribution in [2.24, 2.45) is 0 Å². The molecule has 0 aliphatic heterocycles. The lowest BCUT2D eigenvalue weighted by molar-refractivity contribution is 0.398. The molecule has 134 valence electrons. The highest BCUT2D eigenvalue weighted by Crippen LogP contribution is 2.22. The molecule has 0 bridgehead atoms. The Morgan fingerprint density at radius 1 is 1.19 bits per heavy atom. The Morgan fingerprint density at radius 2 is 2.07 bits per heavy atom. The van der Waals surface area contributed by atoms with Crippen molar-refractivity contribution in [2.75, 3.05) is 7.11 Å². The fourth-order valence-corrected chi connectivity index (χ4v) is 3.20. The average molecular weight is 358 g/mol. The highest BCUT2D eigenvalue weighted by atomic mass is 16.5. The molecule has 4 rings (SSSR count). The van der Waals surface area contributed by atoms with Crippen molar-refractivity contribution in [1.82, 2.24) is 24.1 Å². The minimum atomic E-state index is 0.548. The number of nitriles is 1. The van der Waals surface area contributed by atoms with Gasteiger partial charge in [0.2, 0.25) is 5.88 Å². The number of pyridine rings is 1. The van der Waals surface area contributed by atoms with Gasteiger partial charge in [-0.1, -0.05) is 6.07 Å². The number of ether oxygens (including phenoxy) is 1. The van der Waals surface area contributed by atoms with Crippen molar-refractivity contribution in [1.29, 1.82) is 5.26 Å². The molecule has 3 aromatic heterocycles. The fourth-order valence-electron chi connectivity index (χ4n) is 3.20. The number of nitrogens with zero attached hydrogens (tertiary/aromatic N) is 6. The first-order valence-corrected chi connectivity index (χ1v) is 8.65. The number of benzene rings is 1. The molecule has 27 heavy (non-hydrogen) atoms. The first-order chi connectivity index (χ1) is 13.2. The molecule has 0 fully saturated rings. The van der Waals surface area contributed by atoms with E-state index in [0.29, 0.717) is 18.0 Å². The minimum absolute atomic E-state index is 0.548. The van der Waals surface area contributed by atoms with Crippen LogP contribution >= 0.6 is 0 Å². The van der Waals surface area contributed by atoms with E-state index < -0.39 is 0 Å². The molecule has 0 aliphatic carbocycles. The summed E-state index contributed by atoms with van der Waals surface area (Å²) in [5.41, 5.74) is 3.20. The molecule has 1 aromatic carbocycles. The molecule has 0 saturated carbocycles. The standard InChI is InChI=1S/C20H18N6O/c1-3-26-17-8-7-14(12-21)11-16(17)23-18(26)13-25-10-9-22-20(25)15-5-4-6-19(24-15)27-2/h4-11H,3,13H2,1-2H3. The normalized spacial score (nSPS) is 10.9. The molecule has 0 atom stereocenters. The lowest BCUT2D eigenvalue weighted by atomic mass is 10.2. The molecule has 0 amide bonds. The van der Waals surface area contributed by atoms with Crippen LogP contribution in [0, 0.1) is 11.3 Å². The van der Waals surface area contributed by atoms with E-state index in [0.717, 1.165) is 34.9 Å². The second kappa shape index (κ2) is 6.92. The third-order valence-corrected chi connectivity index (χ3v) is 4.46. The van der Waals surface area contributed by atoms with Gasteiger partial charge in [0, 0.05) is 25.0 Å². The largest absolute Gasteiger partial charge is 0.481 e. The van der Waals surface area contributed by atoms with Gasteiger partial charge in [-0.3, -0.25) is 0 Å². The van der Waals surface area contributed by atoms with Crippen molar-refractivity contribution in [3.05, 3.63) is 60.2 Å². The lowest BCUT2D eigenvalue weighted by Gasteiger charge is -2.10. The predicted molar refractivity (Wildman–Crippen MR) is 101 cm³/mol. The van der Waals surface area contributed by atoms with Crippen LogP contribution in [0.3, 0.4) is 0 Å². The third-order valence-electron chi connectivity index (χ3n) is 4.46. The molecule has 0 N–H and O–H groups in total. The maximum absolute atomic E-state index is 9.13. The number of imidazole rings is 2. The number of hydrogen-bond donors (Lipinski definition) is 0. The van der Waals surface area contributed by atoms with Crippen LogP contribution in [0.4, 0.5) is 0 Å². The molecule has 4 aromatic rings. The molecule has 0 spiro atoms. The summed E-state index contributed by atoms with van der Waals surface area (Å²) >= 11 is 0. The second-order valence-electron chi connectivity index (χ2n) is 6.03. The monoisotopic (exact) mass is 358 g/mol. The number of rotatable bonds is 5. The molecule has 0 unspecified atom stereocenters. The Balaban J connectivity index is 1.75. The minimum Gasteiger partial charge on any atom is -0.481 e. The maximum atomic E-state index is 9.13. The van der Waals surface area contributed by atoms with E-state index in [-0.39, 0.29) is 0 Å². The van der Waals surface area contributed by atoms with Gasteiger partial charge >= 0.3 is 0 Å². The average Bonchev–Trinajstić information content (AvgIpc) is 3.31. The van der Waals surface area contributed by atoms with Crippen molar-refractivity contribution in [3.8, 4) is 23.5 Å². The zero-order chi connectivity index (χ0) is 18.8. The van der Waals surface area contributed by atoms with Crippen LogP contribution in [0.25, 0.3) is 22.6 Å². The van der Waals surface area contributed by atoms with Crippen LogP contribution in [-0.2, 0) is 13.1 Å². The summed E-state index contributed by atoms with van der Waals surface area (Å²) in [6, 6.07) is 13.4. The smallest absolute Gasteiger partial charge is 0.213 e. The second-order valence-corrected chi connectivity index (χ2v) is 6.03. The van der Waals surface area contributed by atoms with Crippen LogP contribution in [0.1, 0.15) is 18.3 Å². The van der Waals surface area contributed by atoms with Gasteiger partial charge in [-0.15, -0.1) is 0 Å². The van der Waals surface area contributed by atoms with Crippen LogP contribution in [0.5, 0.6) is 5.88 Å². The van der Waals surface area contributed by atoms with Gasteiger partial charge in [0.25, 0.3) is 0 Å². The first kappa shape index (κ1) is 16.8. The fraction of sp³-hybridized carbons (Fsp3) is 0.200. The molecule has 0 aliphatic rings. The van der Waals surface area contributed by atoms with Crippen molar-refractivity contribution in [2.45, 2.75) is 20.0 Å². The molecular weight excluding hydrogens is 340 g/mol. The van der Waals surface area contributed by atoms with E-state index >= 15 is 0 Å². The summed E-state index contributed by atoms with van der Waals surface area (Å²) in [6.45, 7) is 3.43. The van der Waals surface area contributed by atoms with Gasteiger partial charge in [-0.05, 0) is 31.2 Å². The topological polar surface area (TPSA) is 81.6 Å². The Labute approximate surface area is 156 Å². The Kier molecular flexibility index (Phi) is 4.30. The van der Waals surface area contributed by atoms with E-state index in [1.165, 1.54) is 0 Å². The van der Waals surface area contributed by atoms with Crippen LogP contribution in [0.15, 0.2) is 48.8 Å². The highest BCUT2D eigenvalue weighted by Gasteiger charge is 2.14. The molecule has 3 heterocycles. The summed E-state index contributed by atoms with van der Waals surface area (Å²) in [5.74, 6) is 2.21. The zero-order valence-electron chi connectivity index (χ0n) is 15.1. The van der Waals surface area contributed by atoms with Gasteiger partial charge in [0.15, 0.2) is 5.82 Å². The Bertz CT molecular complexity index is 1150. The number of hydrogen-bond acceptors (Lipinski definition) is 5. The number of fused-ring (bicyclic) bond motifs is 1. The predicted octanol–water partition coefficient (Wildman–Crippen LogP) is 3.24. The molecule has 7 nitrogen and oxygen atoms in total. The van der Waals surface area contributed by atoms with Gasteiger partial charge in [-0.2, -0.15) is 5.26 Å². The summed E-state index contributed by atoms with van der Waals surface area (Å²) in [6.07, 6.45) is 3.67. The van der Waals surface area contributed by atoms with Gasteiger partial charge in [-0.25, -0.2) is 15.0 Å². The van der Waals surface area contributed by atoms with Gasteiger partial charge in [0.05, 0.1) is 36.3 Å². The van der Waals surface area contributed by atoms with Gasteiger partial charge in [0.1, 0.15) is 11.5 Å². The van der Waals surface area contributed by atoms with E-state index in [1.807, 2.05) is 41.1 Å². The van der Waals surface area contributed by atoms with Crippen molar-refractivity contribution in [3.63, 3.8) is 0 Å². The number of methoxy groups -OCH3 is 1. The quantitative estimate of drug-likeness (QED) is 0.547. The Morgan fingerprint density at radius 3 is 2.85 bits per heavy atom. The highest BCUT2D eigenvalue weighted by molar-refractivity contribution is 5.77. The van der Waals surface area contributed by atoms with E-state index in [9.17, 15) is 0 Å². The Hall–Kier alpha value is -3.66. The maximum Gasteiger partial charge on any atom is 0.213 e. The first-order valence-electron chi connectivity index (χ1n) is 8.65. The SMILES string of the molecule is CCn1c(Cn2ccnc2-c2cccc(OC)n2)nc2cc(C#N)ccc21. The molecule has 7 heteroatoms. The molecule has 0 radical (unpaired) electrons. The summed E-state index contributed by atoms with van der Waals surface area (Å²) in [4.78, 5) is 13.7. The molecular formula is C20H18N6O. The van der Waals surface area contributed by atoms with Crippen LogP contribution in [0.2, 0.25) is 0 Å². The summed E-state index contributed by atoms with van der Waals surface area (Å²) < 4.78 is 9.38. The summed E-state index contributed by atoms with van der Waals surface area (Å²) in [5, 5.41) is 9.13. The molecule has 0 saturated heterocycles. The summed E-state index contributed by atoms with van der Waals surface area (Å²) in [7, 11) is 1.59. The van der Waals surface area contributed by atoms with E-state index in [2.05, 4.69) is 27.5 Å². The van der Waals surface area contributed by atoms with Crippen molar-refractivity contribution < 1.29 is 4.74 Å². The van der Waals surface area contributed by atoms with Crippen LogP contribution < -0.4 is 4.74 Å². The third kappa shape index (κ3) is 3.02. The van der Waals surface area contributed by atoms with E-state index in [1.54, 1.807) is 19.4 Å². The van der Waals surface area contributed by atoms with E-state index in [4.69, 9.17) is 15.0 Å². The van der Waals surface area contributed by atoms with Gasteiger partial charge < -0.3 is 13.9 Å². The number of aryl methyl sites for hydroxylation is 1.